The smallest absolute Gasteiger partial charge is 0.226 e. The first-order chi connectivity index (χ1) is 11.7. The van der Waals surface area contributed by atoms with E-state index < -0.39 is 0 Å². The van der Waals surface area contributed by atoms with Gasteiger partial charge in [-0.25, -0.2) is 4.98 Å². The van der Waals surface area contributed by atoms with Gasteiger partial charge in [-0.05, 0) is 24.0 Å². The minimum absolute atomic E-state index is 0.0419. The maximum absolute atomic E-state index is 12.1. The SMILES string of the molecule is CSc1ccc(C2CC(=O)Nc3nc(N4CCOCC4)sc32)cc1. The minimum atomic E-state index is 0.0419. The van der Waals surface area contributed by atoms with Crippen molar-refractivity contribution in [3.8, 4) is 0 Å². The maximum atomic E-state index is 12.1. The van der Waals surface area contributed by atoms with Crippen LogP contribution in [0.15, 0.2) is 29.2 Å². The molecule has 126 valence electrons. The van der Waals surface area contributed by atoms with Crippen LogP contribution in [0.25, 0.3) is 0 Å². The van der Waals surface area contributed by atoms with Crippen molar-refractivity contribution in [1.29, 1.82) is 0 Å². The molecular formula is C17H19N3O2S2. The van der Waals surface area contributed by atoms with Crippen molar-refractivity contribution in [2.75, 3.05) is 42.8 Å². The number of thioether (sulfide) groups is 1. The Kier molecular flexibility index (Phi) is 4.47. The zero-order valence-corrected chi connectivity index (χ0v) is 15.1. The second kappa shape index (κ2) is 6.74. The Morgan fingerprint density at radius 3 is 2.75 bits per heavy atom. The lowest BCUT2D eigenvalue weighted by Gasteiger charge is -2.26. The number of benzene rings is 1. The molecule has 5 nitrogen and oxygen atoms in total. The summed E-state index contributed by atoms with van der Waals surface area (Å²) in [5.41, 5.74) is 1.18. The zero-order valence-electron chi connectivity index (χ0n) is 13.4. The molecule has 7 heteroatoms. The van der Waals surface area contributed by atoms with Gasteiger partial charge in [0, 0.05) is 30.3 Å². The van der Waals surface area contributed by atoms with Crippen molar-refractivity contribution in [2.45, 2.75) is 17.2 Å². The fourth-order valence-corrected chi connectivity index (χ4v) is 4.71. The number of thiazole rings is 1. The summed E-state index contributed by atoms with van der Waals surface area (Å²) >= 11 is 3.42. The highest BCUT2D eigenvalue weighted by atomic mass is 32.2. The predicted octanol–water partition coefficient (Wildman–Crippen LogP) is 3.18. The standard InChI is InChI=1S/C17H19N3O2S2/c1-23-12-4-2-11(3-5-12)13-10-14(21)18-16-15(13)24-17(19-16)20-6-8-22-9-7-20/h2-5,13H,6-10H2,1H3,(H,18,21). The molecule has 1 amide bonds. The predicted molar refractivity (Wildman–Crippen MR) is 98.5 cm³/mol. The van der Waals surface area contributed by atoms with E-state index in [1.807, 2.05) is 0 Å². The number of hydrogen-bond donors (Lipinski definition) is 1. The summed E-state index contributed by atoms with van der Waals surface area (Å²) < 4.78 is 5.42. The van der Waals surface area contributed by atoms with E-state index in [2.05, 4.69) is 45.7 Å². The fraction of sp³-hybridized carbons (Fsp3) is 0.412. The summed E-state index contributed by atoms with van der Waals surface area (Å²) in [6, 6.07) is 8.51. The van der Waals surface area contributed by atoms with Gasteiger partial charge in [-0.15, -0.1) is 11.8 Å². The molecule has 24 heavy (non-hydrogen) atoms. The van der Waals surface area contributed by atoms with Crippen LogP contribution >= 0.6 is 23.1 Å². The number of nitrogens with one attached hydrogen (secondary N) is 1. The van der Waals surface area contributed by atoms with E-state index in [0.29, 0.717) is 6.42 Å². The molecule has 0 bridgehead atoms. The van der Waals surface area contributed by atoms with Crippen LogP contribution in [-0.4, -0.2) is 43.5 Å². The van der Waals surface area contributed by atoms with Crippen LogP contribution in [0.5, 0.6) is 0 Å². The zero-order chi connectivity index (χ0) is 16.5. The van der Waals surface area contributed by atoms with Gasteiger partial charge in [-0.3, -0.25) is 4.79 Å². The second-order valence-corrected chi connectivity index (χ2v) is 7.78. The normalized spacial score (nSPS) is 20.6. The lowest BCUT2D eigenvalue weighted by Crippen LogP contribution is -2.36. The Hall–Kier alpha value is -1.57. The van der Waals surface area contributed by atoms with E-state index in [-0.39, 0.29) is 11.8 Å². The molecule has 0 radical (unpaired) electrons. The molecule has 0 spiro atoms. The monoisotopic (exact) mass is 361 g/mol. The highest BCUT2D eigenvalue weighted by Gasteiger charge is 2.31. The van der Waals surface area contributed by atoms with E-state index in [9.17, 15) is 4.79 Å². The Labute approximate surface area is 149 Å². The number of rotatable bonds is 3. The molecule has 3 heterocycles. The van der Waals surface area contributed by atoms with Gasteiger partial charge in [-0.1, -0.05) is 23.5 Å². The lowest BCUT2D eigenvalue weighted by atomic mass is 9.92. The molecule has 1 unspecified atom stereocenters. The molecule has 2 aromatic rings. The van der Waals surface area contributed by atoms with Crippen molar-refractivity contribution < 1.29 is 9.53 Å². The van der Waals surface area contributed by atoms with Gasteiger partial charge in [-0.2, -0.15) is 0 Å². The first-order valence-corrected chi connectivity index (χ1v) is 10.1. The lowest BCUT2D eigenvalue weighted by molar-refractivity contribution is -0.116. The van der Waals surface area contributed by atoms with Crippen molar-refractivity contribution >= 4 is 40.0 Å². The summed E-state index contributed by atoms with van der Waals surface area (Å²) in [5, 5.41) is 3.92. The van der Waals surface area contributed by atoms with Crippen LogP contribution < -0.4 is 10.2 Å². The number of aromatic nitrogens is 1. The van der Waals surface area contributed by atoms with Crippen LogP contribution in [-0.2, 0) is 9.53 Å². The van der Waals surface area contributed by atoms with Crippen LogP contribution in [0.1, 0.15) is 22.8 Å². The first kappa shape index (κ1) is 15.9. The largest absolute Gasteiger partial charge is 0.378 e. The Morgan fingerprint density at radius 1 is 1.29 bits per heavy atom. The third kappa shape index (κ3) is 3.03. The number of amides is 1. The van der Waals surface area contributed by atoms with Crippen molar-refractivity contribution in [3.05, 3.63) is 34.7 Å². The summed E-state index contributed by atoms with van der Waals surface area (Å²) in [4.78, 5) is 21.5. The average Bonchev–Trinajstić information content (AvgIpc) is 3.06. The first-order valence-electron chi connectivity index (χ1n) is 8.02. The molecule has 1 atom stereocenters. The molecule has 4 rings (SSSR count). The van der Waals surface area contributed by atoms with Gasteiger partial charge in [0.15, 0.2) is 5.13 Å². The summed E-state index contributed by atoms with van der Waals surface area (Å²) in [5.74, 6) is 0.869. The molecule has 2 aliphatic heterocycles. The number of fused-ring (bicyclic) bond motifs is 1. The number of morpholine rings is 1. The van der Waals surface area contributed by atoms with Crippen molar-refractivity contribution in [2.24, 2.45) is 0 Å². The van der Waals surface area contributed by atoms with E-state index in [1.54, 1.807) is 23.1 Å². The molecule has 1 N–H and O–H groups in total. The second-order valence-electron chi connectivity index (χ2n) is 5.89. The highest BCUT2D eigenvalue weighted by molar-refractivity contribution is 7.98. The Bertz CT molecular complexity index is 739. The number of anilines is 2. The Balaban J connectivity index is 1.67. The number of hydrogen-bond acceptors (Lipinski definition) is 6. The van der Waals surface area contributed by atoms with E-state index >= 15 is 0 Å². The third-order valence-corrected chi connectivity index (χ3v) is 6.38. The van der Waals surface area contributed by atoms with Crippen LogP contribution in [0, 0.1) is 0 Å². The van der Waals surface area contributed by atoms with Crippen LogP contribution in [0.3, 0.4) is 0 Å². The molecule has 1 aromatic carbocycles. The number of carbonyl (C=O) groups excluding carboxylic acids is 1. The number of carbonyl (C=O) groups is 1. The third-order valence-electron chi connectivity index (χ3n) is 4.41. The molecule has 2 aliphatic rings. The highest BCUT2D eigenvalue weighted by Crippen LogP contribution is 2.43. The molecule has 1 aromatic heterocycles. The molecule has 1 fully saturated rings. The maximum Gasteiger partial charge on any atom is 0.226 e. The van der Waals surface area contributed by atoms with Gasteiger partial charge in [0.25, 0.3) is 0 Å². The van der Waals surface area contributed by atoms with Crippen molar-refractivity contribution in [3.63, 3.8) is 0 Å². The number of ether oxygens (including phenoxy) is 1. The average molecular weight is 361 g/mol. The summed E-state index contributed by atoms with van der Waals surface area (Å²) in [6.07, 6.45) is 2.55. The van der Waals surface area contributed by atoms with Gasteiger partial charge in [0.1, 0.15) is 5.82 Å². The quantitative estimate of drug-likeness (QED) is 0.851. The molecular weight excluding hydrogens is 342 g/mol. The van der Waals surface area contributed by atoms with E-state index in [0.717, 1.165) is 42.1 Å². The minimum Gasteiger partial charge on any atom is -0.378 e. The Morgan fingerprint density at radius 2 is 2.04 bits per heavy atom. The molecule has 0 aliphatic carbocycles. The molecule has 0 saturated carbocycles. The molecule has 1 saturated heterocycles. The van der Waals surface area contributed by atoms with Gasteiger partial charge < -0.3 is 15.0 Å². The summed E-state index contributed by atoms with van der Waals surface area (Å²) in [6.45, 7) is 3.17. The summed E-state index contributed by atoms with van der Waals surface area (Å²) in [7, 11) is 0. The van der Waals surface area contributed by atoms with Gasteiger partial charge in [0.05, 0.1) is 18.1 Å². The van der Waals surface area contributed by atoms with Gasteiger partial charge >= 0.3 is 0 Å². The van der Waals surface area contributed by atoms with E-state index in [1.165, 1.54) is 10.5 Å². The van der Waals surface area contributed by atoms with E-state index in [4.69, 9.17) is 4.74 Å². The topological polar surface area (TPSA) is 54.5 Å². The number of nitrogens with zero attached hydrogens (tertiary/aromatic N) is 2. The van der Waals surface area contributed by atoms with Crippen molar-refractivity contribution in [1.82, 2.24) is 4.98 Å². The fourth-order valence-electron chi connectivity index (χ4n) is 3.10. The van der Waals surface area contributed by atoms with Crippen LogP contribution in [0.2, 0.25) is 0 Å². The van der Waals surface area contributed by atoms with Gasteiger partial charge in [0.2, 0.25) is 5.91 Å². The van der Waals surface area contributed by atoms with Crippen LogP contribution in [0.4, 0.5) is 10.9 Å².